The molecule has 4 rings (SSSR count). The van der Waals surface area contributed by atoms with E-state index in [1.54, 1.807) is 0 Å². The van der Waals surface area contributed by atoms with Crippen LogP contribution in [-0.2, 0) is 16.4 Å². The Bertz CT molecular complexity index is 755. The van der Waals surface area contributed by atoms with Crippen LogP contribution in [0.1, 0.15) is 62.0 Å². The summed E-state index contributed by atoms with van der Waals surface area (Å²) in [6.07, 6.45) is 6.41. The van der Waals surface area contributed by atoms with E-state index in [4.69, 9.17) is 0 Å². The van der Waals surface area contributed by atoms with Gasteiger partial charge in [0.25, 0.3) is 0 Å². The third kappa shape index (κ3) is 3.27. The molecule has 0 spiro atoms. The van der Waals surface area contributed by atoms with Gasteiger partial charge in [-0.3, -0.25) is 4.68 Å². The van der Waals surface area contributed by atoms with Gasteiger partial charge in [-0.2, -0.15) is 5.10 Å². The maximum Gasteiger partial charge on any atom is 0.152 e. The number of hydrogen-bond donors (Lipinski definition) is 1. The molecule has 2 aliphatic carbocycles. The van der Waals surface area contributed by atoms with E-state index in [1.165, 1.54) is 31.2 Å². The molecule has 3 aliphatic rings. The quantitative estimate of drug-likeness (QED) is 0.871. The molecule has 3 fully saturated rings. The second-order valence-corrected chi connectivity index (χ2v) is 10.9. The van der Waals surface area contributed by atoms with Crippen LogP contribution in [0.5, 0.6) is 0 Å². The average molecular weight is 366 g/mol. The van der Waals surface area contributed by atoms with Gasteiger partial charge in [0.2, 0.25) is 0 Å². The summed E-state index contributed by atoms with van der Waals surface area (Å²) in [6.45, 7) is 7.31. The smallest absolute Gasteiger partial charge is 0.152 e. The largest absolute Gasteiger partial charge is 0.310 e. The highest BCUT2D eigenvalue weighted by molar-refractivity contribution is 7.91. The standard InChI is InChI=1S/C19H31N3O2S/c1-12(18-9-15-4-5-16(18)8-15)20-10-19-13(2)21-22(14(19)3)17-6-7-25(23,24)11-17/h12,15-18,20H,4-11H2,1-3H3/t12-,15-,16-,17+,18-/m0/s1. The summed E-state index contributed by atoms with van der Waals surface area (Å²) in [4.78, 5) is 0. The predicted octanol–water partition coefficient (Wildman–Crippen LogP) is 2.77. The van der Waals surface area contributed by atoms with E-state index in [0.29, 0.717) is 18.2 Å². The Labute approximate surface area is 151 Å². The van der Waals surface area contributed by atoms with Gasteiger partial charge in [0.05, 0.1) is 23.2 Å². The first-order valence-electron chi connectivity index (χ1n) is 9.82. The molecule has 0 radical (unpaired) electrons. The number of hydrogen-bond acceptors (Lipinski definition) is 4. The number of nitrogens with zero attached hydrogens (tertiary/aromatic N) is 2. The lowest BCUT2D eigenvalue weighted by atomic mass is 9.84. The van der Waals surface area contributed by atoms with Crippen molar-refractivity contribution >= 4 is 9.84 Å². The summed E-state index contributed by atoms with van der Waals surface area (Å²) in [7, 11) is -2.88. The summed E-state index contributed by atoms with van der Waals surface area (Å²) in [5.41, 5.74) is 3.42. The van der Waals surface area contributed by atoms with Gasteiger partial charge in [-0.1, -0.05) is 6.42 Å². The number of fused-ring (bicyclic) bond motifs is 2. The van der Waals surface area contributed by atoms with Gasteiger partial charge in [0.15, 0.2) is 9.84 Å². The van der Waals surface area contributed by atoms with E-state index in [0.717, 1.165) is 35.7 Å². The molecule has 1 N–H and O–H groups in total. The van der Waals surface area contributed by atoms with Crippen LogP contribution >= 0.6 is 0 Å². The third-order valence-corrected chi connectivity index (χ3v) is 8.82. The normalized spacial score (nSPS) is 34.7. The van der Waals surface area contributed by atoms with Crippen molar-refractivity contribution in [3.8, 4) is 0 Å². The SMILES string of the molecule is Cc1nn([C@@H]2CCS(=O)(=O)C2)c(C)c1CN[C@@H](C)[C@@H]1C[C@H]2CC[C@H]1C2. The van der Waals surface area contributed by atoms with Gasteiger partial charge in [-0.15, -0.1) is 0 Å². The van der Waals surface area contributed by atoms with Gasteiger partial charge in [0, 0.05) is 23.8 Å². The van der Waals surface area contributed by atoms with Crippen LogP contribution in [0.4, 0.5) is 0 Å². The third-order valence-electron chi connectivity index (χ3n) is 7.06. The number of aromatic nitrogens is 2. The predicted molar refractivity (Wildman–Crippen MR) is 99.2 cm³/mol. The highest BCUT2D eigenvalue weighted by atomic mass is 32.2. The van der Waals surface area contributed by atoms with Crippen molar-refractivity contribution in [1.82, 2.24) is 15.1 Å². The zero-order chi connectivity index (χ0) is 17.8. The summed E-state index contributed by atoms with van der Waals surface area (Å²) in [6, 6.07) is 0.560. The lowest BCUT2D eigenvalue weighted by Gasteiger charge is -2.28. The average Bonchev–Trinajstić information content (AvgIpc) is 3.30. The fourth-order valence-corrected chi connectivity index (χ4v) is 7.29. The maximum absolute atomic E-state index is 11.8. The summed E-state index contributed by atoms with van der Waals surface area (Å²) < 4.78 is 25.5. The van der Waals surface area contributed by atoms with Crippen molar-refractivity contribution in [3.63, 3.8) is 0 Å². The van der Waals surface area contributed by atoms with Crippen LogP contribution in [0, 0.1) is 31.6 Å². The molecule has 1 aromatic rings. The fourth-order valence-electron chi connectivity index (χ4n) is 5.60. The highest BCUT2D eigenvalue weighted by Gasteiger charge is 2.41. The minimum atomic E-state index is -2.88. The lowest BCUT2D eigenvalue weighted by molar-refractivity contribution is 0.259. The zero-order valence-electron chi connectivity index (χ0n) is 15.7. The minimum Gasteiger partial charge on any atom is -0.310 e. The molecule has 25 heavy (non-hydrogen) atoms. The van der Waals surface area contributed by atoms with Crippen LogP contribution in [-0.4, -0.2) is 35.7 Å². The summed E-state index contributed by atoms with van der Waals surface area (Å²) in [5.74, 6) is 3.28. The highest BCUT2D eigenvalue weighted by Crippen LogP contribution is 2.49. The van der Waals surface area contributed by atoms with E-state index >= 15 is 0 Å². The Morgan fingerprint density at radius 3 is 2.64 bits per heavy atom. The zero-order valence-corrected chi connectivity index (χ0v) is 16.5. The van der Waals surface area contributed by atoms with Crippen molar-refractivity contribution in [3.05, 3.63) is 17.0 Å². The lowest BCUT2D eigenvalue weighted by Crippen LogP contribution is -2.36. The molecule has 6 heteroatoms. The molecule has 2 saturated carbocycles. The first-order valence-corrected chi connectivity index (χ1v) is 11.6. The van der Waals surface area contributed by atoms with Gasteiger partial charge in [0.1, 0.15) is 0 Å². The topological polar surface area (TPSA) is 64.0 Å². The van der Waals surface area contributed by atoms with Crippen LogP contribution in [0.15, 0.2) is 0 Å². The van der Waals surface area contributed by atoms with Crippen molar-refractivity contribution < 1.29 is 8.42 Å². The monoisotopic (exact) mass is 365 g/mol. The van der Waals surface area contributed by atoms with Crippen molar-refractivity contribution in [2.45, 2.75) is 71.5 Å². The van der Waals surface area contributed by atoms with Crippen molar-refractivity contribution in [1.29, 1.82) is 0 Å². The fraction of sp³-hybridized carbons (Fsp3) is 0.842. The first-order chi connectivity index (χ1) is 11.8. The molecule has 2 heterocycles. The molecular formula is C19H31N3O2S. The molecule has 1 saturated heterocycles. The van der Waals surface area contributed by atoms with E-state index in [1.807, 2.05) is 11.6 Å². The number of aryl methyl sites for hydroxylation is 1. The number of sulfone groups is 1. The second kappa shape index (κ2) is 6.38. The molecule has 0 amide bonds. The van der Waals surface area contributed by atoms with Crippen LogP contribution < -0.4 is 5.32 Å². The molecule has 140 valence electrons. The molecule has 5 nitrogen and oxygen atoms in total. The van der Waals surface area contributed by atoms with Crippen LogP contribution in [0.3, 0.4) is 0 Å². The second-order valence-electron chi connectivity index (χ2n) is 8.66. The Morgan fingerprint density at radius 1 is 1.24 bits per heavy atom. The number of rotatable bonds is 5. The maximum atomic E-state index is 11.8. The molecular weight excluding hydrogens is 334 g/mol. The van der Waals surface area contributed by atoms with E-state index < -0.39 is 9.84 Å². The van der Waals surface area contributed by atoms with E-state index in [9.17, 15) is 8.42 Å². The van der Waals surface area contributed by atoms with Gasteiger partial charge >= 0.3 is 0 Å². The minimum absolute atomic E-state index is 0.0143. The Balaban J connectivity index is 1.43. The van der Waals surface area contributed by atoms with E-state index in [-0.39, 0.29) is 11.8 Å². The molecule has 5 atom stereocenters. The van der Waals surface area contributed by atoms with Crippen molar-refractivity contribution in [2.24, 2.45) is 17.8 Å². The van der Waals surface area contributed by atoms with Gasteiger partial charge in [-0.25, -0.2) is 8.42 Å². The van der Waals surface area contributed by atoms with Crippen LogP contribution in [0.25, 0.3) is 0 Å². The summed E-state index contributed by atoms with van der Waals surface area (Å²) >= 11 is 0. The first kappa shape index (κ1) is 17.5. The molecule has 1 aromatic heterocycles. The Kier molecular flexibility index (Phi) is 4.47. The summed E-state index contributed by atoms with van der Waals surface area (Å²) in [5, 5.41) is 8.44. The van der Waals surface area contributed by atoms with Crippen molar-refractivity contribution in [2.75, 3.05) is 11.5 Å². The molecule has 0 unspecified atom stereocenters. The number of nitrogens with one attached hydrogen (secondary N) is 1. The van der Waals surface area contributed by atoms with Gasteiger partial charge < -0.3 is 5.32 Å². The molecule has 1 aliphatic heterocycles. The Hall–Kier alpha value is -0.880. The van der Waals surface area contributed by atoms with Gasteiger partial charge in [-0.05, 0) is 64.2 Å². The molecule has 0 aromatic carbocycles. The van der Waals surface area contributed by atoms with E-state index in [2.05, 4.69) is 24.3 Å². The molecule has 2 bridgehead atoms. The Morgan fingerprint density at radius 2 is 2.04 bits per heavy atom. The van der Waals surface area contributed by atoms with Crippen LogP contribution in [0.2, 0.25) is 0 Å².